The molecule has 7 aromatic rings. The summed E-state index contributed by atoms with van der Waals surface area (Å²) < 4.78 is 5.12. The molecule has 1 unspecified atom stereocenters. The maximum Gasteiger partial charge on any atom is 0.0719 e. The van der Waals surface area contributed by atoms with Crippen LogP contribution in [0.3, 0.4) is 0 Å². The maximum atomic E-state index is 6.73. The van der Waals surface area contributed by atoms with E-state index in [0.29, 0.717) is 5.92 Å². The van der Waals surface area contributed by atoms with E-state index in [9.17, 15) is 0 Å². The van der Waals surface area contributed by atoms with Gasteiger partial charge in [0, 0.05) is 38.0 Å². The lowest BCUT2D eigenvalue weighted by atomic mass is 9.92. The Morgan fingerprint density at radius 1 is 0.786 bits per heavy atom. The van der Waals surface area contributed by atoms with Crippen molar-refractivity contribution in [2.24, 2.45) is 11.7 Å². The number of nitrogens with two attached hydrogens (primary N) is 1. The van der Waals surface area contributed by atoms with Gasteiger partial charge in [0.15, 0.2) is 0 Å². The van der Waals surface area contributed by atoms with Crippen LogP contribution in [0.1, 0.15) is 31.4 Å². The molecule has 0 aliphatic heterocycles. The van der Waals surface area contributed by atoms with Gasteiger partial charge < -0.3 is 10.3 Å². The number of aromatic nitrogens is 1. The SMILES string of the molecule is CC1C=CC(C[C@@H](N)c2ccc(-n3c4cc(-c5ccccc5)ccc4c4ccc5c6ccccc6sc5c43)cc2)=CC1. The van der Waals surface area contributed by atoms with Crippen molar-refractivity contribution < 1.29 is 0 Å². The second-order valence-electron chi connectivity index (χ2n) is 11.6. The van der Waals surface area contributed by atoms with Gasteiger partial charge in [-0.15, -0.1) is 11.3 Å². The summed E-state index contributed by atoms with van der Waals surface area (Å²) in [6.45, 7) is 2.26. The lowest BCUT2D eigenvalue weighted by Crippen LogP contribution is -2.12. The molecule has 2 N–H and O–H groups in total. The Balaban J connectivity index is 1.31. The number of allylic oxidation sites excluding steroid dienone is 3. The molecule has 2 nitrogen and oxygen atoms in total. The molecule has 1 aliphatic rings. The zero-order valence-electron chi connectivity index (χ0n) is 23.6. The number of hydrogen-bond acceptors (Lipinski definition) is 2. The van der Waals surface area contributed by atoms with E-state index in [1.165, 1.54) is 64.2 Å². The van der Waals surface area contributed by atoms with Gasteiger partial charge in [-0.2, -0.15) is 0 Å². The van der Waals surface area contributed by atoms with Crippen molar-refractivity contribution in [1.82, 2.24) is 4.57 Å². The van der Waals surface area contributed by atoms with Gasteiger partial charge in [-0.05, 0) is 59.7 Å². The van der Waals surface area contributed by atoms with Crippen molar-refractivity contribution in [2.45, 2.75) is 25.8 Å². The summed E-state index contributed by atoms with van der Waals surface area (Å²) >= 11 is 1.89. The predicted molar refractivity (Wildman–Crippen MR) is 182 cm³/mol. The van der Waals surface area contributed by atoms with Crippen molar-refractivity contribution in [3.8, 4) is 16.8 Å². The standard InChI is InChI=1S/C39H32N2S/c1-25-11-13-26(14-12-25)23-35(40)28-15-18-30(19-16-28)41-36-24-29(27-7-3-2-4-8-27)17-20-31(36)33-21-22-34-32-9-5-6-10-37(32)42-39(34)38(33)41/h2-11,13-22,24-25,35H,12,23,40H2,1H3/t25?,35-/m1/s1. The average Bonchev–Trinajstić information content (AvgIpc) is 3.58. The summed E-state index contributed by atoms with van der Waals surface area (Å²) in [5, 5.41) is 5.20. The fourth-order valence-electron chi connectivity index (χ4n) is 6.52. The van der Waals surface area contributed by atoms with Crippen LogP contribution in [0.2, 0.25) is 0 Å². The highest BCUT2D eigenvalue weighted by molar-refractivity contribution is 7.26. The van der Waals surface area contributed by atoms with Crippen LogP contribution in [0.15, 0.2) is 133 Å². The molecule has 5 aromatic carbocycles. The van der Waals surface area contributed by atoms with Crippen LogP contribution in [-0.2, 0) is 0 Å². The van der Waals surface area contributed by atoms with Gasteiger partial charge in [-0.25, -0.2) is 0 Å². The van der Waals surface area contributed by atoms with Crippen molar-refractivity contribution >= 4 is 53.3 Å². The minimum absolute atomic E-state index is 0.0273. The minimum Gasteiger partial charge on any atom is -0.324 e. The number of benzene rings is 5. The Morgan fingerprint density at radius 2 is 1.55 bits per heavy atom. The fraction of sp³-hybridized carbons (Fsp3) is 0.128. The highest BCUT2D eigenvalue weighted by Gasteiger charge is 2.19. The summed E-state index contributed by atoms with van der Waals surface area (Å²) in [6, 6.07) is 39.9. The molecule has 0 saturated heterocycles. The first-order valence-electron chi connectivity index (χ1n) is 14.8. The second-order valence-corrected chi connectivity index (χ2v) is 12.7. The van der Waals surface area contributed by atoms with Gasteiger partial charge in [0.25, 0.3) is 0 Å². The van der Waals surface area contributed by atoms with Gasteiger partial charge in [0.2, 0.25) is 0 Å². The largest absolute Gasteiger partial charge is 0.324 e. The summed E-state index contributed by atoms with van der Waals surface area (Å²) in [7, 11) is 0. The summed E-state index contributed by atoms with van der Waals surface area (Å²) in [4.78, 5) is 0. The third-order valence-electron chi connectivity index (χ3n) is 8.81. The van der Waals surface area contributed by atoms with E-state index < -0.39 is 0 Å². The lowest BCUT2D eigenvalue weighted by molar-refractivity contribution is 0.689. The van der Waals surface area contributed by atoms with Crippen LogP contribution >= 0.6 is 11.3 Å². The molecule has 0 amide bonds. The molecule has 42 heavy (non-hydrogen) atoms. The van der Waals surface area contributed by atoms with E-state index in [2.05, 4.69) is 139 Å². The van der Waals surface area contributed by atoms with Gasteiger partial charge >= 0.3 is 0 Å². The van der Waals surface area contributed by atoms with Crippen LogP contribution in [0.25, 0.3) is 58.8 Å². The molecule has 0 bridgehead atoms. The predicted octanol–water partition coefficient (Wildman–Crippen LogP) is 10.7. The van der Waals surface area contributed by atoms with E-state index in [1.54, 1.807) is 0 Å². The Morgan fingerprint density at radius 3 is 2.36 bits per heavy atom. The number of rotatable bonds is 5. The highest BCUT2D eigenvalue weighted by atomic mass is 32.1. The maximum absolute atomic E-state index is 6.73. The average molecular weight is 561 g/mol. The Hall–Kier alpha value is -4.44. The summed E-state index contributed by atoms with van der Waals surface area (Å²) in [5.74, 6) is 0.616. The molecule has 204 valence electrons. The van der Waals surface area contributed by atoms with Crippen molar-refractivity contribution in [3.05, 3.63) is 139 Å². The number of nitrogens with zero attached hydrogens (tertiary/aromatic N) is 1. The van der Waals surface area contributed by atoms with Gasteiger partial charge in [0.05, 0.1) is 15.7 Å². The van der Waals surface area contributed by atoms with E-state index in [4.69, 9.17) is 5.73 Å². The van der Waals surface area contributed by atoms with Gasteiger partial charge in [0.1, 0.15) is 0 Å². The van der Waals surface area contributed by atoms with Gasteiger partial charge in [-0.3, -0.25) is 0 Å². The van der Waals surface area contributed by atoms with Gasteiger partial charge in [-0.1, -0.05) is 116 Å². The smallest absolute Gasteiger partial charge is 0.0719 e. The van der Waals surface area contributed by atoms with Crippen LogP contribution in [0.5, 0.6) is 0 Å². The van der Waals surface area contributed by atoms with E-state index >= 15 is 0 Å². The molecule has 1 aliphatic carbocycles. The monoisotopic (exact) mass is 560 g/mol. The number of hydrogen-bond donors (Lipinski definition) is 1. The van der Waals surface area contributed by atoms with Crippen molar-refractivity contribution in [2.75, 3.05) is 0 Å². The third-order valence-corrected chi connectivity index (χ3v) is 10.00. The Labute approximate surface area is 250 Å². The first kappa shape index (κ1) is 25.3. The molecular formula is C39H32N2S. The molecule has 0 saturated carbocycles. The molecule has 2 heterocycles. The second kappa shape index (κ2) is 10.1. The molecule has 0 fully saturated rings. The number of fused-ring (bicyclic) bond motifs is 7. The zero-order chi connectivity index (χ0) is 28.2. The quantitative estimate of drug-likeness (QED) is 0.223. The molecule has 3 heteroatoms. The van der Waals surface area contributed by atoms with Crippen molar-refractivity contribution in [3.63, 3.8) is 0 Å². The zero-order valence-corrected chi connectivity index (χ0v) is 24.4. The summed E-state index contributed by atoms with van der Waals surface area (Å²) in [6.07, 6.45) is 8.85. The molecule has 0 radical (unpaired) electrons. The molecule has 2 aromatic heterocycles. The normalized spacial score (nSPS) is 16.0. The highest BCUT2D eigenvalue weighted by Crippen LogP contribution is 2.43. The van der Waals surface area contributed by atoms with Crippen LogP contribution in [-0.4, -0.2) is 4.57 Å². The van der Waals surface area contributed by atoms with E-state index in [1.807, 2.05) is 11.3 Å². The first-order chi connectivity index (χ1) is 20.6. The molecule has 8 rings (SSSR count). The van der Waals surface area contributed by atoms with Crippen molar-refractivity contribution in [1.29, 1.82) is 0 Å². The fourth-order valence-corrected chi connectivity index (χ4v) is 7.76. The number of thiophene rings is 1. The lowest BCUT2D eigenvalue weighted by Gasteiger charge is -2.17. The van der Waals surface area contributed by atoms with Crippen LogP contribution < -0.4 is 5.73 Å². The molecule has 2 atom stereocenters. The topological polar surface area (TPSA) is 30.9 Å². The summed E-state index contributed by atoms with van der Waals surface area (Å²) in [5.41, 5.74) is 15.4. The van der Waals surface area contributed by atoms with Crippen LogP contribution in [0, 0.1) is 5.92 Å². The molecule has 0 spiro atoms. The first-order valence-corrected chi connectivity index (χ1v) is 15.6. The third kappa shape index (κ3) is 4.20. The minimum atomic E-state index is -0.0273. The Bertz CT molecular complexity index is 2160. The van der Waals surface area contributed by atoms with Crippen LogP contribution in [0.4, 0.5) is 0 Å². The van der Waals surface area contributed by atoms with E-state index in [-0.39, 0.29) is 6.04 Å². The Kier molecular flexibility index (Phi) is 6.10. The van der Waals surface area contributed by atoms with E-state index in [0.717, 1.165) is 18.5 Å². The molecular weight excluding hydrogens is 529 g/mol.